The van der Waals surface area contributed by atoms with Crippen molar-refractivity contribution in [3.05, 3.63) is 28.8 Å². The Hall–Kier alpha value is -1.76. The van der Waals surface area contributed by atoms with Crippen molar-refractivity contribution in [2.75, 3.05) is 0 Å². The molecule has 6 nitrogen and oxygen atoms in total. The van der Waals surface area contributed by atoms with Crippen molar-refractivity contribution in [2.24, 2.45) is 0 Å². The highest BCUT2D eigenvalue weighted by Crippen LogP contribution is 2.21. The van der Waals surface area contributed by atoms with Crippen LogP contribution in [0.1, 0.15) is 18.7 Å². The Kier molecular flexibility index (Phi) is 4.26. The number of halogens is 1. The zero-order chi connectivity index (χ0) is 13.8. The molecule has 0 saturated heterocycles. The van der Waals surface area contributed by atoms with Crippen LogP contribution in [0.2, 0.25) is 0 Å². The van der Waals surface area contributed by atoms with Crippen molar-refractivity contribution >= 4 is 21.9 Å². The van der Waals surface area contributed by atoms with Gasteiger partial charge in [0.1, 0.15) is 5.82 Å². The van der Waals surface area contributed by atoms with Crippen molar-refractivity contribution in [3.8, 4) is 11.4 Å². The van der Waals surface area contributed by atoms with E-state index in [4.69, 9.17) is 5.11 Å². The standard InChI is InChI=1S/C12H13BrN4O2/c1-8-15-16-12(9-5-10(13)7-14-6-9)17(8)4-2-3-11(18)19/h5-7H,2-4H2,1H3,(H,18,19). The third-order valence-electron chi connectivity index (χ3n) is 2.67. The molecular weight excluding hydrogens is 312 g/mol. The molecule has 0 unspecified atom stereocenters. The minimum absolute atomic E-state index is 0.133. The van der Waals surface area contributed by atoms with Crippen molar-refractivity contribution in [2.45, 2.75) is 26.3 Å². The summed E-state index contributed by atoms with van der Waals surface area (Å²) in [6.07, 6.45) is 4.08. The molecule has 0 spiro atoms. The molecule has 2 heterocycles. The second kappa shape index (κ2) is 5.92. The van der Waals surface area contributed by atoms with Gasteiger partial charge in [0, 0.05) is 35.4 Å². The highest BCUT2D eigenvalue weighted by atomic mass is 79.9. The molecule has 100 valence electrons. The summed E-state index contributed by atoms with van der Waals surface area (Å²) < 4.78 is 2.77. The van der Waals surface area contributed by atoms with E-state index in [9.17, 15) is 4.79 Å². The van der Waals surface area contributed by atoms with Gasteiger partial charge in [0.2, 0.25) is 0 Å². The molecule has 0 atom stereocenters. The first-order chi connectivity index (χ1) is 9.08. The van der Waals surface area contributed by atoms with E-state index in [0.717, 1.165) is 15.9 Å². The molecule has 1 N–H and O–H groups in total. The number of hydrogen-bond acceptors (Lipinski definition) is 4. The fourth-order valence-electron chi connectivity index (χ4n) is 1.78. The molecule has 2 rings (SSSR count). The SMILES string of the molecule is Cc1nnc(-c2cncc(Br)c2)n1CCCC(=O)O. The number of carboxylic acid groups (broad SMARTS) is 1. The van der Waals surface area contributed by atoms with Gasteiger partial charge < -0.3 is 9.67 Å². The molecule has 0 saturated carbocycles. The van der Waals surface area contributed by atoms with Gasteiger partial charge >= 0.3 is 5.97 Å². The lowest BCUT2D eigenvalue weighted by Crippen LogP contribution is -2.05. The van der Waals surface area contributed by atoms with E-state index < -0.39 is 5.97 Å². The summed E-state index contributed by atoms with van der Waals surface area (Å²) in [4.78, 5) is 14.7. The van der Waals surface area contributed by atoms with E-state index >= 15 is 0 Å². The quantitative estimate of drug-likeness (QED) is 0.912. The van der Waals surface area contributed by atoms with E-state index in [1.165, 1.54) is 0 Å². The molecule has 0 bridgehead atoms. The van der Waals surface area contributed by atoms with E-state index in [0.29, 0.717) is 18.8 Å². The second-order valence-electron chi connectivity index (χ2n) is 4.11. The Balaban J connectivity index is 2.24. The molecule has 0 aromatic carbocycles. The lowest BCUT2D eigenvalue weighted by molar-refractivity contribution is -0.137. The first-order valence-corrected chi connectivity index (χ1v) is 6.60. The predicted octanol–water partition coefficient (Wildman–Crippen LogP) is 2.28. The largest absolute Gasteiger partial charge is 0.481 e. The van der Waals surface area contributed by atoms with Gasteiger partial charge in [-0.15, -0.1) is 10.2 Å². The average molecular weight is 325 g/mol. The minimum atomic E-state index is -0.795. The Morgan fingerprint density at radius 1 is 1.42 bits per heavy atom. The minimum Gasteiger partial charge on any atom is -0.481 e. The van der Waals surface area contributed by atoms with Crippen molar-refractivity contribution < 1.29 is 9.90 Å². The third-order valence-corrected chi connectivity index (χ3v) is 3.10. The molecule has 0 aliphatic carbocycles. The van der Waals surface area contributed by atoms with Crippen LogP contribution in [0, 0.1) is 6.92 Å². The number of aryl methyl sites for hydroxylation is 1. The Morgan fingerprint density at radius 2 is 2.21 bits per heavy atom. The van der Waals surface area contributed by atoms with E-state index in [1.807, 2.05) is 17.6 Å². The highest BCUT2D eigenvalue weighted by molar-refractivity contribution is 9.10. The number of nitrogens with zero attached hydrogens (tertiary/aromatic N) is 4. The maximum atomic E-state index is 10.6. The Bertz CT molecular complexity index is 597. The lowest BCUT2D eigenvalue weighted by Gasteiger charge is -2.07. The predicted molar refractivity (Wildman–Crippen MR) is 72.6 cm³/mol. The smallest absolute Gasteiger partial charge is 0.303 e. The zero-order valence-corrected chi connectivity index (χ0v) is 12.0. The average Bonchev–Trinajstić information content (AvgIpc) is 2.71. The lowest BCUT2D eigenvalue weighted by atomic mass is 10.2. The number of rotatable bonds is 5. The summed E-state index contributed by atoms with van der Waals surface area (Å²) in [5, 5.41) is 16.8. The molecule has 7 heteroatoms. The van der Waals surface area contributed by atoms with Gasteiger partial charge in [-0.05, 0) is 35.3 Å². The summed E-state index contributed by atoms with van der Waals surface area (Å²) in [6.45, 7) is 2.43. The van der Waals surface area contributed by atoms with Gasteiger partial charge in [-0.2, -0.15) is 0 Å². The molecular formula is C12H13BrN4O2. The Labute approximate surface area is 118 Å². The van der Waals surface area contributed by atoms with Crippen LogP contribution in [-0.4, -0.2) is 30.8 Å². The summed E-state index contributed by atoms with van der Waals surface area (Å²) in [6, 6.07) is 1.91. The molecule has 0 aliphatic rings. The molecule has 0 aliphatic heterocycles. The zero-order valence-electron chi connectivity index (χ0n) is 10.4. The molecule has 0 radical (unpaired) electrons. The highest BCUT2D eigenvalue weighted by Gasteiger charge is 2.12. The van der Waals surface area contributed by atoms with Crippen LogP contribution in [0.3, 0.4) is 0 Å². The first-order valence-electron chi connectivity index (χ1n) is 5.80. The molecule has 2 aromatic rings. The van der Waals surface area contributed by atoms with E-state index in [-0.39, 0.29) is 6.42 Å². The van der Waals surface area contributed by atoms with Crippen LogP contribution in [0.4, 0.5) is 0 Å². The van der Waals surface area contributed by atoms with Crippen molar-refractivity contribution in [3.63, 3.8) is 0 Å². The monoisotopic (exact) mass is 324 g/mol. The number of carbonyl (C=O) groups is 1. The number of aliphatic carboxylic acids is 1. The van der Waals surface area contributed by atoms with E-state index in [2.05, 4.69) is 31.1 Å². The summed E-state index contributed by atoms with van der Waals surface area (Å²) in [5.41, 5.74) is 0.852. The van der Waals surface area contributed by atoms with Crippen LogP contribution in [-0.2, 0) is 11.3 Å². The molecule has 19 heavy (non-hydrogen) atoms. The van der Waals surface area contributed by atoms with E-state index in [1.54, 1.807) is 12.4 Å². The van der Waals surface area contributed by atoms with Crippen molar-refractivity contribution in [1.29, 1.82) is 0 Å². The first kappa shape index (κ1) is 13.7. The maximum absolute atomic E-state index is 10.6. The topological polar surface area (TPSA) is 80.9 Å². The Morgan fingerprint density at radius 3 is 2.89 bits per heavy atom. The summed E-state index contributed by atoms with van der Waals surface area (Å²) in [5.74, 6) is 0.674. The van der Waals surface area contributed by atoms with Crippen LogP contribution in [0.15, 0.2) is 22.9 Å². The summed E-state index contributed by atoms with van der Waals surface area (Å²) in [7, 11) is 0. The molecule has 0 amide bonds. The van der Waals surface area contributed by atoms with Crippen molar-refractivity contribution in [1.82, 2.24) is 19.7 Å². The van der Waals surface area contributed by atoms with Crippen LogP contribution >= 0.6 is 15.9 Å². The van der Waals surface area contributed by atoms with Gasteiger partial charge in [0.25, 0.3) is 0 Å². The van der Waals surface area contributed by atoms with Crippen LogP contribution in [0.25, 0.3) is 11.4 Å². The third kappa shape index (κ3) is 3.37. The maximum Gasteiger partial charge on any atom is 0.303 e. The van der Waals surface area contributed by atoms with Gasteiger partial charge in [0.05, 0.1) is 0 Å². The van der Waals surface area contributed by atoms with Crippen LogP contribution < -0.4 is 0 Å². The van der Waals surface area contributed by atoms with Crippen LogP contribution in [0.5, 0.6) is 0 Å². The molecule has 0 fully saturated rings. The number of carboxylic acids is 1. The number of hydrogen-bond donors (Lipinski definition) is 1. The summed E-state index contributed by atoms with van der Waals surface area (Å²) >= 11 is 3.36. The second-order valence-corrected chi connectivity index (χ2v) is 5.03. The normalized spacial score (nSPS) is 10.6. The van der Waals surface area contributed by atoms with Gasteiger partial charge in [-0.3, -0.25) is 9.78 Å². The van der Waals surface area contributed by atoms with Gasteiger partial charge in [-0.1, -0.05) is 0 Å². The van der Waals surface area contributed by atoms with Gasteiger partial charge in [-0.25, -0.2) is 0 Å². The fraction of sp³-hybridized carbons (Fsp3) is 0.333. The fourth-order valence-corrected chi connectivity index (χ4v) is 2.15. The van der Waals surface area contributed by atoms with Gasteiger partial charge in [0.15, 0.2) is 5.82 Å². The number of pyridine rings is 1. The number of aromatic nitrogens is 4. The molecule has 2 aromatic heterocycles.